The van der Waals surface area contributed by atoms with E-state index in [9.17, 15) is 48.6 Å². The molecule has 392 valence electrons. The number of benzene rings is 4. The monoisotopic (exact) mass is 1010 g/mol. The number of rotatable bonds is 12. The Kier molecular flexibility index (Phi) is 18.7. The first-order valence-electron chi connectivity index (χ1n) is 25.2. The molecule has 3 aliphatic heterocycles. The second-order valence-corrected chi connectivity index (χ2v) is 19.1. The Morgan fingerprint density at radius 1 is 0.514 bits per heavy atom. The largest absolute Gasteiger partial charge is 0.508 e. The number of aromatic hydroxyl groups is 2. The van der Waals surface area contributed by atoms with Crippen LogP contribution in [0, 0.1) is 0 Å². The highest BCUT2D eigenvalue weighted by Crippen LogP contribution is 2.23. The number of carbonyl (C=O) groups excluding carboxylic acids is 8. The van der Waals surface area contributed by atoms with Crippen molar-refractivity contribution in [1.29, 1.82) is 0 Å². The lowest BCUT2D eigenvalue weighted by molar-refractivity contribution is -0.142. The van der Waals surface area contributed by atoms with Crippen molar-refractivity contribution in [2.24, 2.45) is 11.5 Å². The molecule has 4 aromatic carbocycles. The number of nitrogens with zero attached hydrogens (tertiary/aromatic N) is 2. The predicted octanol–water partition coefficient (Wildman–Crippen LogP) is -0.0296. The maximum atomic E-state index is 14.7. The van der Waals surface area contributed by atoms with E-state index in [1.54, 1.807) is 84.9 Å². The zero-order valence-electron chi connectivity index (χ0n) is 41.1. The molecule has 20 heteroatoms. The van der Waals surface area contributed by atoms with Gasteiger partial charge in [0.25, 0.3) is 0 Å². The standard InChI is InChI=1S/C54H66N10O10/c55-39(29-35-15-19-37(65)20-16-35)47(67)59-41-23-25-58-52(72)46-14-8-28-64(46)54(74)44(32-34-11-5-2-6-12-34)62-50(70)42(60-48(68)40(56)30-36-17-21-38(66)22-18-36)24-26-57-51(71)45-13-7-27-63(45)53(73)43(61-49(41)69)31-33-9-3-1-4-10-33/h1-6,9-12,15-22,39-46,65-66H,7-8,13-14,23-32,55-56H2,(H,57,71)(H,58,72)(H,59,67)(H,60,68)(H,61,69)(H,62,70)/t39-,40-,41+,42+,43-,44-,45+,46+/m0/s1. The number of hydrogen-bond donors (Lipinski definition) is 10. The Bertz CT molecular complexity index is 2430. The summed E-state index contributed by atoms with van der Waals surface area (Å²) in [5, 5.41) is 36.4. The predicted molar refractivity (Wildman–Crippen MR) is 272 cm³/mol. The van der Waals surface area contributed by atoms with Gasteiger partial charge < -0.3 is 63.4 Å². The third kappa shape index (κ3) is 14.7. The molecular weight excluding hydrogens is 949 g/mol. The van der Waals surface area contributed by atoms with Crippen molar-refractivity contribution in [1.82, 2.24) is 41.7 Å². The average molecular weight is 1020 g/mol. The molecule has 3 saturated heterocycles. The fraction of sp³-hybridized carbons (Fsp3) is 0.407. The summed E-state index contributed by atoms with van der Waals surface area (Å²) < 4.78 is 0. The van der Waals surface area contributed by atoms with Crippen LogP contribution in [0.5, 0.6) is 11.5 Å². The molecule has 74 heavy (non-hydrogen) atoms. The van der Waals surface area contributed by atoms with Crippen LogP contribution in [-0.4, -0.2) is 142 Å². The number of phenolic OH excluding ortho intramolecular Hbond substituents is 2. The molecule has 0 radical (unpaired) electrons. The van der Waals surface area contributed by atoms with E-state index >= 15 is 0 Å². The van der Waals surface area contributed by atoms with Crippen LogP contribution in [0.25, 0.3) is 0 Å². The maximum Gasteiger partial charge on any atom is 0.246 e. The van der Waals surface area contributed by atoms with E-state index in [0.717, 1.165) is 0 Å². The van der Waals surface area contributed by atoms with Crippen LogP contribution in [-0.2, 0) is 64.0 Å². The number of carbonyl (C=O) groups is 8. The minimum atomic E-state index is -1.32. The van der Waals surface area contributed by atoms with Gasteiger partial charge in [0.1, 0.15) is 47.8 Å². The molecule has 8 amide bonds. The van der Waals surface area contributed by atoms with Gasteiger partial charge in [0.15, 0.2) is 0 Å². The lowest BCUT2D eigenvalue weighted by Gasteiger charge is -2.31. The normalized spacial score (nSPS) is 23.3. The highest BCUT2D eigenvalue weighted by molar-refractivity contribution is 5.97. The minimum Gasteiger partial charge on any atom is -0.508 e. The molecule has 3 heterocycles. The van der Waals surface area contributed by atoms with Gasteiger partial charge in [0, 0.05) is 39.0 Å². The quantitative estimate of drug-likeness (QED) is 0.0896. The van der Waals surface area contributed by atoms with Crippen LogP contribution in [0.15, 0.2) is 109 Å². The van der Waals surface area contributed by atoms with Crippen molar-refractivity contribution in [3.63, 3.8) is 0 Å². The van der Waals surface area contributed by atoms with Crippen LogP contribution in [0.3, 0.4) is 0 Å². The number of nitrogens with one attached hydrogen (secondary N) is 6. The zero-order chi connectivity index (χ0) is 52.7. The molecule has 0 aliphatic carbocycles. The van der Waals surface area contributed by atoms with Crippen LogP contribution in [0.2, 0.25) is 0 Å². The van der Waals surface area contributed by atoms with Gasteiger partial charge in [-0.1, -0.05) is 84.9 Å². The molecule has 0 spiro atoms. The number of fused-ring (bicyclic) bond motifs is 2. The van der Waals surface area contributed by atoms with Crippen LogP contribution < -0.4 is 43.4 Å². The fourth-order valence-corrected chi connectivity index (χ4v) is 9.62. The SMILES string of the molecule is N[C@@H](Cc1ccc(O)cc1)C(=O)N[C@@H]1CCNC(=O)[C@H]2CCCN2C(=O)[C@H](Cc2ccccc2)NC(=O)[C@H](NC(=O)[C@@H](N)Cc2ccc(O)cc2)CCNC(=O)[C@H]2CCCN2C(=O)[C@H](Cc2ccccc2)NC1=O. The van der Waals surface area contributed by atoms with Crippen molar-refractivity contribution >= 4 is 47.3 Å². The first-order valence-corrected chi connectivity index (χ1v) is 25.2. The summed E-state index contributed by atoms with van der Waals surface area (Å²) in [6.45, 7) is 0.0565. The van der Waals surface area contributed by atoms with Gasteiger partial charge in [0.2, 0.25) is 47.3 Å². The average Bonchev–Trinajstić information content (AvgIpc) is 4.10. The molecular formula is C54H66N10O10. The molecule has 20 nitrogen and oxygen atoms in total. The van der Waals surface area contributed by atoms with Gasteiger partial charge in [-0.3, -0.25) is 38.4 Å². The summed E-state index contributed by atoms with van der Waals surface area (Å²) in [5.74, 6) is -4.95. The van der Waals surface area contributed by atoms with Crippen molar-refractivity contribution in [2.45, 2.75) is 113 Å². The van der Waals surface area contributed by atoms with E-state index in [0.29, 0.717) is 35.1 Å². The van der Waals surface area contributed by atoms with Gasteiger partial charge in [-0.15, -0.1) is 0 Å². The van der Waals surface area contributed by atoms with Gasteiger partial charge in [0.05, 0.1) is 12.1 Å². The van der Waals surface area contributed by atoms with E-state index in [-0.39, 0.29) is 89.0 Å². The summed E-state index contributed by atoms with van der Waals surface area (Å²) in [4.78, 5) is 117. The highest BCUT2D eigenvalue weighted by Gasteiger charge is 2.41. The number of hydrogen-bond acceptors (Lipinski definition) is 12. The van der Waals surface area contributed by atoms with E-state index in [1.165, 1.54) is 34.1 Å². The Morgan fingerprint density at radius 2 is 0.878 bits per heavy atom. The van der Waals surface area contributed by atoms with Crippen molar-refractivity contribution in [3.05, 3.63) is 131 Å². The van der Waals surface area contributed by atoms with Gasteiger partial charge in [-0.2, -0.15) is 0 Å². The van der Waals surface area contributed by atoms with Crippen LogP contribution in [0.1, 0.15) is 60.8 Å². The highest BCUT2D eigenvalue weighted by atomic mass is 16.3. The van der Waals surface area contributed by atoms with E-state index in [4.69, 9.17) is 11.5 Å². The number of nitrogens with two attached hydrogens (primary N) is 2. The topological polar surface area (TPSA) is 308 Å². The molecule has 3 fully saturated rings. The fourth-order valence-electron chi connectivity index (χ4n) is 9.62. The molecule has 8 atom stereocenters. The second-order valence-electron chi connectivity index (χ2n) is 19.1. The Balaban J connectivity index is 1.18. The summed E-state index contributed by atoms with van der Waals surface area (Å²) >= 11 is 0. The molecule has 3 aliphatic rings. The molecule has 0 unspecified atom stereocenters. The smallest absolute Gasteiger partial charge is 0.246 e. The lowest BCUT2D eigenvalue weighted by Crippen LogP contribution is -2.60. The maximum absolute atomic E-state index is 14.7. The molecule has 0 aromatic heterocycles. The number of amides is 8. The molecule has 0 saturated carbocycles. The summed E-state index contributed by atoms with van der Waals surface area (Å²) in [6, 6.07) is 20.9. The molecule has 4 aromatic rings. The summed E-state index contributed by atoms with van der Waals surface area (Å²) in [7, 11) is 0. The molecule has 12 N–H and O–H groups in total. The van der Waals surface area contributed by atoms with Gasteiger partial charge in [-0.25, -0.2) is 0 Å². The lowest BCUT2D eigenvalue weighted by atomic mass is 10.0. The number of phenols is 2. The van der Waals surface area contributed by atoms with E-state index < -0.39 is 95.6 Å². The Hall–Kier alpha value is -7.84. The first kappa shape index (κ1) is 53.9. The Morgan fingerprint density at radius 3 is 1.24 bits per heavy atom. The third-order valence-electron chi connectivity index (χ3n) is 13.7. The van der Waals surface area contributed by atoms with Gasteiger partial charge in [-0.05, 0) is 97.9 Å². The second kappa shape index (κ2) is 25.7. The van der Waals surface area contributed by atoms with Crippen molar-refractivity contribution in [3.8, 4) is 11.5 Å². The van der Waals surface area contributed by atoms with Crippen molar-refractivity contribution < 1.29 is 48.6 Å². The molecule has 7 rings (SSSR count). The van der Waals surface area contributed by atoms with Gasteiger partial charge >= 0.3 is 0 Å². The minimum absolute atomic E-state index is 0.0240. The van der Waals surface area contributed by atoms with E-state index in [2.05, 4.69) is 31.9 Å². The summed E-state index contributed by atoms with van der Waals surface area (Å²) in [5.41, 5.74) is 15.4. The van der Waals surface area contributed by atoms with Crippen LogP contribution in [0.4, 0.5) is 0 Å². The first-order chi connectivity index (χ1) is 35.6. The Labute approximate surface area is 429 Å². The molecule has 0 bridgehead atoms. The van der Waals surface area contributed by atoms with Crippen LogP contribution >= 0.6 is 0 Å². The summed E-state index contributed by atoms with van der Waals surface area (Å²) in [6.07, 6.45) is 1.35. The van der Waals surface area contributed by atoms with E-state index in [1.807, 2.05) is 0 Å². The van der Waals surface area contributed by atoms with Crippen molar-refractivity contribution in [2.75, 3.05) is 26.2 Å². The third-order valence-corrected chi connectivity index (χ3v) is 13.7. The zero-order valence-corrected chi connectivity index (χ0v) is 41.1.